The zero-order chi connectivity index (χ0) is 14.7. The van der Waals surface area contributed by atoms with Gasteiger partial charge in [0.15, 0.2) is 0 Å². The van der Waals surface area contributed by atoms with Crippen LogP contribution in [0.15, 0.2) is 36.7 Å². The van der Waals surface area contributed by atoms with Gasteiger partial charge in [-0.1, -0.05) is 12.1 Å². The number of nitrogens with two attached hydrogens (primary N) is 1. The molecule has 5 heteroatoms. The Morgan fingerprint density at radius 2 is 1.81 bits per heavy atom. The molecule has 1 aliphatic rings. The van der Waals surface area contributed by atoms with Gasteiger partial charge in [-0.05, 0) is 24.6 Å². The Bertz CT molecular complexity index is 588. The first-order valence-electron chi connectivity index (χ1n) is 7.34. The van der Waals surface area contributed by atoms with Crippen molar-refractivity contribution in [3.8, 4) is 0 Å². The molecular weight excluding hydrogens is 262 g/mol. The van der Waals surface area contributed by atoms with E-state index in [-0.39, 0.29) is 0 Å². The molecule has 0 unspecified atom stereocenters. The van der Waals surface area contributed by atoms with E-state index in [2.05, 4.69) is 51.0 Å². The first kappa shape index (κ1) is 13.8. The zero-order valence-electron chi connectivity index (χ0n) is 12.4. The Balaban J connectivity index is 1.64. The van der Waals surface area contributed by atoms with E-state index < -0.39 is 0 Å². The molecule has 0 bridgehead atoms. The van der Waals surface area contributed by atoms with Gasteiger partial charge >= 0.3 is 0 Å². The van der Waals surface area contributed by atoms with Gasteiger partial charge in [-0.2, -0.15) is 0 Å². The molecule has 0 saturated carbocycles. The number of aromatic nitrogens is 2. The molecule has 2 heterocycles. The summed E-state index contributed by atoms with van der Waals surface area (Å²) in [4.78, 5) is 13.5. The van der Waals surface area contributed by atoms with Crippen molar-refractivity contribution in [3.63, 3.8) is 0 Å². The molecule has 3 rings (SSSR count). The Hall–Kier alpha value is -2.14. The molecule has 1 aliphatic heterocycles. The lowest BCUT2D eigenvalue weighted by molar-refractivity contribution is 0.645. The number of hydrogen-bond acceptors (Lipinski definition) is 5. The lowest BCUT2D eigenvalue weighted by Crippen LogP contribution is -2.46. The third-order valence-corrected chi connectivity index (χ3v) is 3.87. The van der Waals surface area contributed by atoms with Crippen LogP contribution in [0.4, 0.5) is 11.5 Å². The lowest BCUT2D eigenvalue weighted by atomic mass is 10.2. The number of anilines is 2. The fourth-order valence-corrected chi connectivity index (χ4v) is 2.64. The Kier molecular flexibility index (Phi) is 4.01. The number of aryl methyl sites for hydroxylation is 1. The topological polar surface area (TPSA) is 58.3 Å². The number of benzene rings is 1. The van der Waals surface area contributed by atoms with Crippen LogP contribution in [0.2, 0.25) is 0 Å². The summed E-state index contributed by atoms with van der Waals surface area (Å²) in [5, 5.41) is 0. The van der Waals surface area contributed by atoms with Gasteiger partial charge in [0, 0.05) is 38.4 Å². The van der Waals surface area contributed by atoms with Crippen molar-refractivity contribution < 1.29 is 0 Å². The Morgan fingerprint density at radius 1 is 1.05 bits per heavy atom. The number of nitrogens with zero attached hydrogens (tertiary/aromatic N) is 4. The molecule has 1 saturated heterocycles. The molecule has 5 nitrogen and oxygen atoms in total. The summed E-state index contributed by atoms with van der Waals surface area (Å²) in [7, 11) is 0. The second kappa shape index (κ2) is 6.10. The summed E-state index contributed by atoms with van der Waals surface area (Å²) in [5.74, 6) is 0.941. The molecule has 2 aromatic rings. The predicted octanol–water partition coefficient (Wildman–Crippen LogP) is 1.57. The Labute approximate surface area is 125 Å². The SMILES string of the molecule is Cc1cccc(N2CCN(c3cnc(CN)cn3)CC2)c1. The van der Waals surface area contributed by atoms with Crippen LogP contribution in [0.3, 0.4) is 0 Å². The molecule has 110 valence electrons. The van der Waals surface area contributed by atoms with Crippen molar-refractivity contribution in [1.82, 2.24) is 9.97 Å². The van der Waals surface area contributed by atoms with Crippen LogP contribution in [-0.4, -0.2) is 36.1 Å². The highest BCUT2D eigenvalue weighted by Gasteiger charge is 2.18. The van der Waals surface area contributed by atoms with Crippen LogP contribution in [0.5, 0.6) is 0 Å². The summed E-state index contributed by atoms with van der Waals surface area (Å²) < 4.78 is 0. The summed E-state index contributed by atoms with van der Waals surface area (Å²) in [5.41, 5.74) is 8.99. The maximum atomic E-state index is 5.55. The van der Waals surface area contributed by atoms with E-state index >= 15 is 0 Å². The maximum absolute atomic E-state index is 5.55. The van der Waals surface area contributed by atoms with E-state index in [1.807, 2.05) is 6.20 Å². The van der Waals surface area contributed by atoms with E-state index in [0.29, 0.717) is 6.54 Å². The fourth-order valence-electron chi connectivity index (χ4n) is 2.64. The zero-order valence-corrected chi connectivity index (χ0v) is 12.4. The minimum atomic E-state index is 0.439. The quantitative estimate of drug-likeness (QED) is 0.926. The maximum Gasteiger partial charge on any atom is 0.147 e. The fraction of sp³-hybridized carbons (Fsp3) is 0.375. The van der Waals surface area contributed by atoms with E-state index in [0.717, 1.165) is 37.7 Å². The van der Waals surface area contributed by atoms with Crippen molar-refractivity contribution in [2.45, 2.75) is 13.5 Å². The van der Waals surface area contributed by atoms with Gasteiger partial charge in [0.25, 0.3) is 0 Å². The average molecular weight is 283 g/mol. The summed E-state index contributed by atoms with van der Waals surface area (Å²) in [6, 6.07) is 8.67. The number of piperazine rings is 1. The van der Waals surface area contributed by atoms with Crippen LogP contribution in [0, 0.1) is 6.92 Å². The molecule has 2 N–H and O–H groups in total. The molecule has 21 heavy (non-hydrogen) atoms. The van der Waals surface area contributed by atoms with Gasteiger partial charge < -0.3 is 15.5 Å². The molecule has 0 spiro atoms. The van der Waals surface area contributed by atoms with Gasteiger partial charge in [-0.25, -0.2) is 4.98 Å². The lowest BCUT2D eigenvalue weighted by Gasteiger charge is -2.36. The van der Waals surface area contributed by atoms with Crippen molar-refractivity contribution in [2.75, 3.05) is 36.0 Å². The minimum absolute atomic E-state index is 0.439. The summed E-state index contributed by atoms with van der Waals surface area (Å²) in [6.07, 6.45) is 3.59. The molecule has 0 atom stereocenters. The molecule has 0 aliphatic carbocycles. The second-order valence-corrected chi connectivity index (χ2v) is 5.38. The van der Waals surface area contributed by atoms with Gasteiger partial charge in [0.1, 0.15) is 5.82 Å². The van der Waals surface area contributed by atoms with E-state index in [4.69, 9.17) is 5.73 Å². The van der Waals surface area contributed by atoms with Crippen LogP contribution in [0.25, 0.3) is 0 Å². The van der Waals surface area contributed by atoms with Crippen LogP contribution in [0.1, 0.15) is 11.3 Å². The summed E-state index contributed by atoms with van der Waals surface area (Å²) in [6.45, 7) is 6.51. The van der Waals surface area contributed by atoms with Crippen LogP contribution >= 0.6 is 0 Å². The third kappa shape index (κ3) is 3.13. The van der Waals surface area contributed by atoms with E-state index in [1.54, 1.807) is 6.20 Å². The molecule has 0 amide bonds. The highest BCUT2D eigenvalue weighted by Crippen LogP contribution is 2.19. The standard InChI is InChI=1S/C16H21N5/c1-13-3-2-4-15(9-13)20-5-7-21(8-6-20)16-12-18-14(10-17)11-19-16/h2-4,9,11-12H,5-8,10,17H2,1H3. The van der Waals surface area contributed by atoms with Gasteiger partial charge in [0.2, 0.25) is 0 Å². The molecule has 1 fully saturated rings. The number of rotatable bonds is 3. The van der Waals surface area contributed by atoms with Crippen molar-refractivity contribution in [2.24, 2.45) is 5.73 Å². The largest absolute Gasteiger partial charge is 0.368 e. The van der Waals surface area contributed by atoms with E-state index in [1.165, 1.54) is 11.3 Å². The van der Waals surface area contributed by atoms with Crippen LogP contribution in [-0.2, 0) is 6.54 Å². The summed E-state index contributed by atoms with van der Waals surface area (Å²) >= 11 is 0. The third-order valence-electron chi connectivity index (χ3n) is 3.87. The molecule has 1 aromatic carbocycles. The predicted molar refractivity (Wildman–Crippen MR) is 85.5 cm³/mol. The van der Waals surface area contributed by atoms with Gasteiger partial charge in [-0.15, -0.1) is 0 Å². The average Bonchev–Trinajstić information content (AvgIpc) is 2.55. The van der Waals surface area contributed by atoms with Crippen molar-refractivity contribution in [3.05, 3.63) is 47.9 Å². The van der Waals surface area contributed by atoms with Crippen molar-refractivity contribution in [1.29, 1.82) is 0 Å². The molecule has 0 radical (unpaired) electrons. The first-order valence-corrected chi connectivity index (χ1v) is 7.34. The highest BCUT2D eigenvalue weighted by molar-refractivity contribution is 5.50. The normalized spacial score (nSPS) is 15.3. The number of hydrogen-bond donors (Lipinski definition) is 1. The smallest absolute Gasteiger partial charge is 0.147 e. The van der Waals surface area contributed by atoms with Crippen molar-refractivity contribution >= 4 is 11.5 Å². The van der Waals surface area contributed by atoms with E-state index in [9.17, 15) is 0 Å². The monoisotopic (exact) mass is 283 g/mol. The molecule has 1 aromatic heterocycles. The first-order chi connectivity index (χ1) is 10.3. The minimum Gasteiger partial charge on any atom is -0.368 e. The second-order valence-electron chi connectivity index (χ2n) is 5.38. The van der Waals surface area contributed by atoms with Gasteiger partial charge in [-0.3, -0.25) is 4.98 Å². The Morgan fingerprint density at radius 3 is 2.43 bits per heavy atom. The van der Waals surface area contributed by atoms with Gasteiger partial charge in [0.05, 0.1) is 18.1 Å². The molecular formula is C16H21N5. The highest BCUT2D eigenvalue weighted by atomic mass is 15.3. The van der Waals surface area contributed by atoms with Crippen LogP contribution < -0.4 is 15.5 Å².